The van der Waals surface area contributed by atoms with Gasteiger partial charge in [0.25, 0.3) is 0 Å². The number of unbranched alkanes of at least 4 members (excludes halogenated alkanes) is 35. The molecule has 0 fully saturated rings. The highest BCUT2D eigenvalue weighted by atomic mass is 31.2. The Morgan fingerprint density at radius 3 is 0.904 bits per heavy atom. The minimum absolute atomic E-state index is 0.0196. The van der Waals surface area contributed by atoms with Gasteiger partial charge in [-0.25, -0.2) is 4.57 Å². The van der Waals surface area contributed by atoms with Gasteiger partial charge in [-0.15, -0.1) is 0 Å². The molecule has 0 amide bonds. The van der Waals surface area contributed by atoms with E-state index < -0.39 is 26.5 Å². The number of allylic oxidation sites excluding steroid dienone is 22. The average molecular weight is 1330 g/mol. The number of hydrogen-bond acceptors (Lipinski definition) is 7. The van der Waals surface area contributed by atoms with E-state index in [1.165, 1.54) is 193 Å². The summed E-state index contributed by atoms with van der Waals surface area (Å²) >= 11 is 0. The van der Waals surface area contributed by atoms with Crippen molar-refractivity contribution in [3.05, 3.63) is 134 Å². The second kappa shape index (κ2) is 73.4. The molecule has 0 saturated carbocycles. The van der Waals surface area contributed by atoms with Crippen molar-refractivity contribution in [2.75, 3.05) is 47.5 Å². The molecule has 540 valence electrons. The second-order valence-electron chi connectivity index (χ2n) is 27.0. The van der Waals surface area contributed by atoms with Gasteiger partial charge in [-0.3, -0.25) is 18.6 Å². The molecule has 1 N–H and O–H groups in total. The normalized spacial score (nSPS) is 13.8. The number of phosphoric acid groups is 1. The van der Waals surface area contributed by atoms with Gasteiger partial charge >= 0.3 is 19.8 Å². The molecule has 0 rings (SSSR count). The van der Waals surface area contributed by atoms with Gasteiger partial charge in [-0.2, -0.15) is 0 Å². The fourth-order valence-corrected chi connectivity index (χ4v) is 11.5. The summed E-state index contributed by atoms with van der Waals surface area (Å²) in [5, 5.41) is 0. The van der Waals surface area contributed by atoms with Crippen LogP contribution in [0.15, 0.2) is 134 Å². The Kier molecular flexibility index (Phi) is 70.4. The summed E-state index contributed by atoms with van der Waals surface area (Å²) in [5.41, 5.74) is 0. The Morgan fingerprint density at radius 1 is 0.340 bits per heavy atom. The molecule has 0 aliphatic rings. The van der Waals surface area contributed by atoms with Crippen molar-refractivity contribution >= 4 is 19.8 Å². The second-order valence-corrected chi connectivity index (χ2v) is 28.5. The lowest BCUT2D eigenvalue weighted by Crippen LogP contribution is -2.37. The number of hydrogen-bond donors (Lipinski definition) is 1. The monoisotopic (exact) mass is 1330 g/mol. The topological polar surface area (TPSA) is 108 Å². The predicted octanol–water partition coefficient (Wildman–Crippen LogP) is 25.9. The Hall–Kier alpha value is -3.85. The van der Waals surface area contributed by atoms with Gasteiger partial charge in [0.2, 0.25) is 0 Å². The van der Waals surface area contributed by atoms with E-state index in [1.807, 2.05) is 21.1 Å². The molecular weight excluding hydrogens is 1180 g/mol. The van der Waals surface area contributed by atoms with Crippen molar-refractivity contribution < 1.29 is 42.1 Å². The molecule has 0 bridgehead atoms. The molecule has 2 unspecified atom stereocenters. The lowest BCUT2D eigenvalue weighted by Gasteiger charge is -2.24. The fraction of sp³-hybridized carbons (Fsp3) is 0.714. The molecule has 0 aromatic heterocycles. The van der Waals surface area contributed by atoms with Crippen LogP contribution in [0.25, 0.3) is 0 Å². The number of quaternary nitrogens is 1. The fourth-order valence-electron chi connectivity index (χ4n) is 10.8. The van der Waals surface area contributed by atoms with Crippen LogP contribution < -0.4 is 0 Å². The first-order valence-electron chi connectivity index (χ1n) is 38.9. The summed E-state index contributed by atoms with van der Waals surface area (Å²) in [6, 6.07) is 0. The molecule has 10 heteroatoms. The Labute approximate surface area is 581 Å². The lowest BCUT2D eigenvalue weighted by molar-refractivity contribution is -0.870. The molecule has 0 heterocycles. The lowest BCUT2D eigenvalue weighted by atomic mass is 10.0. The third-order valence-electron chi connectivity index (χ3n) is 16.7. The van der Waals surface area contributed by atoms with Gasteiger partial charge in [0.1, 0.15) is 19.8 Å². The van der Waals surface area contributed by atoms with E-state index in [4.69, 9.17) is 18.5 Å². The molecule has 9 nitrogen and oxygen atoms in total. The van der Waals surface area contributed by atoms with Crippen molar-refractivity contribution in [1.29, 1.82) is 0 Å². The SMILES string of the molecule is CC/C=C\C/C=C\C/C=C\C/C=C\C/C=C\C/C=C\C/C=C\C/C=C\C/C=C\C/C=C\C/C=C\CCCCCC(=O)OC(COC(=O)CCCCCCCCCCCCCCCCCCCCCCCCCCCCCCCCCCC)COP(=O)(O)OCC[N+](C)(C)C. The van der Waals surface area contributed by atoms with E-state index in [2.05, 4.69) is 148 Å². The van der Waals surface area contributed by atoms with Crippen molar-refractivity contribution in [1.82, 2.24) is 0 Å². The zero-order valence-electron chi connectivity index (χ0n) is 61.7. The van der Waals surface area contributed by atoms with Gasteiger partial charge in [-0.1, -0.05) is 359 Å². The van der Waals surface area contributed by atoms with Crippen LogP contribution >= 0.6 is 7.82 Å². The number of esters is 2. The Bertz CT molecular complexity index is 2050. The highest BCUT2D eigenvalue weighted by molar-refractivity contribution is 7.47. The first-order chi connectivity index (χ1) is 46.0. The van der Waals surface area contributed by atoms with E-state index in [1.54, 1.807) is 0 Å². The largest absolute Gasteiger partial charge is 0.472 e. The summed E-state index contributed by atoms with van der Waals surface area (Å²) in [6.07, 6.45) is 107. The summed E-state index contributed by atoms with van der Waals surface area (Å²) < 4.78 is 34.7. The van der Waals surface area contributed by atoms with Crippen LogP contribution in [-0.4, -0.2) is 74.9 Å². The number of likely N-dealkylation sites (N-methyl/N-ethyl adjacent to an activating group) is 1. The first kappa shape index (κ1) is 90.2. The molecule has 0 radical (unpaired) electrons. The first-order valence-corrected chi connectivity index (χ1v) is 40.4. The van der Waals surface area contributed by atoms with E-state index in [-0.39, 0.29) is 32.0 Å². The van der Waals surface area contributed by atoms with Gasteiger partial charge < -0.3 is 18.9 Å². The maximum absolute atomic E-state index is 12.9. The summed E-state index contributed by atoms with van der Waals surface area (Å²) in [6.45, 7) is 4.31. The number of ether oxygens (including phenoxy) is 2. The highest BCUT2D eigenvalue weighted by Crippen LogP contribution is 2.43. The van der Waals surface area contributed by atoms with E-state index in [0.717, 1.165) is 109 Å². The van der Waals surface area contributed by atoms with E-state index in [9.17, 15) is 19.0 Å². The third kappa shape index (κ3) is 77.2. The molecule has 2 atom stereocenters. The number of nitrogens with zero attached hydrogens (tertiary/aromatic N) is 1. The third-order valence-corrected chi connectivity index (χ3v) is 17.7. The van der Waals surface area contributed by atoms with Crippen molar-refractivity contribution in [3.8, 4) is 0 Å². The molecule has 0 aliphatic carbocycles. The highest BCUT2D eigenvalue weighted by Gasteiger charge is 2.27. The summed E-state index contributed by atoms with van der Waals surface area (Å²) in [7, 11) is 1.45. The number of rotatable bonds is 71. The predicted molar refractivity (Wildman–Crippen MR) is 408 cm³/mol. The molecule has 94 heavy (non-hydrogen) atoms. The zero-order valence-corrected chi connectivity index (χ0v) is 62.6. The maximum atomic E-state index is 12.9. The molecule has 0 saturated heterocycles. The van der Waals surface area contributed by atoms with Gasteiger partial charge in [0, 0.05) is 12.8 Å². The van der Waals surface area contributed by atoms with Crippen molar-refractivity contribution in [2.45, 2.75) is 341 Å². The van der Waals surface area contributed by atoms with Crippen molar-refractivity contribution in [2.24, 2.45) is 0 Å². The van der Waals surface area contributed by atoms with Gasteiger partial charge in [0.15, 0.2) is 6.10 Å². The molecule has 0 aromatic carbocycles. The van der Waals surface area contributed by atoms with E-state index >= 15 is 0 Å². The van der Waals surface area contributed by atoms with Gasteiger partial charge in [-0.05, 0) is 96.3 Å². The average Bonchev–Trinajstić information content (AvgIpc) is 1.56. The number of phosphoric ester groups is 1. The summed E-state index contributed by atoms with van der Waals surface area (Å²) in [4.78, 5) is 35.9. The van der Waals surface area contributed by atoms with Crippen LogP contribution in [0.1, 0.15) is 335 Å². The number of carbonyl (C=O) groups excluding carboxylic acids is 2. The van der Waals surface area contributed by atoms with Crippen LogP contribution in [0.3, 0.4) is 0 Å². The maximum Gasteiger partial charge on any atom is 0.472 e. The molecule has 0 aliphatic heterocycles. The van der Waals surface area contributed by atoms with E-state index in [0.29, 0.717) is 17.4 Å². The zero-order chi connectivity index (χ0) is 68.3. The van der Waals surface area contributed by atoms with Crippen LogP contribution in [-0.2, 0) is 32.7 Å². The number of carbonyl (C=O) groups is 2. The quantitative estimate of drug-likeness (QED) is 0.0211. The van der Waals surface area contributed by atoms with Crippen LogP contribution in [0.4, 0.5) is 0 Å². The van der Waals surface area contributed by atoms with Crippen LogP contribution in [0.2, 0.25) is 0 Å². The van der Waals surface area contributed by atoms with Crippen LogP contribution in [0, 0.1) is 0 Å². The van der Waals surface area contributed by atoms with Gasteiger partial charge in [0.05, 0.1) is 27.7 Å². The Morgan fingerprint density at radius 2 is 0.606 bits per heavy atom. The summed E-state index contributed by atoms with van der Waals surface area (Å²) in [5.74, 6) is -0.832. The Balaban J connectivity index is 4.09. The molecular formula is C84H147NO8P+. The van der Waals surface area contributed by atoms with Crippen molar-refractivity contribution in [3.63, 3.8) is 0 Å². The minimum atomic E-state index is -4.41. The standard InChI is InChI=1S/C84H146NO8P/c1-6-8-10-12-14-16-18-20-22-24-26-28-30-32-34-36-38-40-41-42-43-45-47-49-51-53-55-57-59-61-63-65-67-69-71-73-75-77-84(87)93-82(81-92-94(88,89)91-79-78-85(3,4)5)80-90-83(86)76-74-72-70-68-66-64-62-60-58-56-54-52-50-48-46-44-39-37-35-33-31-29-27-25-23-21-19-17-15-13-11-9-7-2/h8,10,14,16,20,22,26,28,32,34,38,40,42-43,47,49,53,55,59,61,65,67,82H,6-7,9,11-13,15,17-19,21,23-25,27,29-31,33,35-37,39,41,44-46,48,50-52,54,56-58,60,62-64,66,68-81H2,1-5H3/p+1/b10-8-,16-14-,22-20-,28-26-,34-32-,40-38-,43-42-,49-47-,55-53-,61-59-,67-65-. The molecule has 0 aromatic rings. The van der Waals surface area contributed by atoms with Crippen LogP contribution in [0.5, 0.6) is 0 Å². The smallest absolute Gasteiger partial charge is 0.462 e. The molecule has 0 spiro atoms. The minimum Gasteiger partial charge on any atom is -0.462 e.